The molecule has 0 aliphatic carbocycles. The van der Waals surface area contributed by atoms with Crippen molar-refractivity contribution in [1.82, 2.24) is 4.98 Å². The van der Waals surface area contributed by atoms with E-state index in [1.165, 1.54) is 0 Å². The van der Waals surface area contributed by atoms with Gasteiger partial charge in [-0.1, -0.05) is 0 Å². The number of methoxy groups -OCH3 is 1. The van der Waals surface area contributed by atoms with Gasteiger partial charge in [0.2, 0.25) is 5.88 Å². The smallest absolute Gasteiger partial charge is 0.299 e. The van der Waals surface area contributed by atoms with Crippen LogP contribution in [0.5, 0.6) is 5.88 Å². The van der Waals surface area contributed by atoms with Crippen LogP contribution in [0.1, 0.15) is 12.1 Å². The van der Waals surface area contributed by atoms with Crippen molar-refractivity contribution in [3.05, 3.63) is 21.9 Å². The minimum atomic E-state index is -2.99. The summed E-state index contributed by atoms with van der Waals surface area (Å²) in [5, 5.41) is 10.5. The van der Waals surface area contributed by atoms with Gasteiger partial charge in [0.15, 0.2) is 0 Å². The van der Waals surface area contributed by atoms with Crippen LogP contribution in [0.25, 0.3) is 0 Å². The van der Waals surface area contributed by atoms with Gasteiger partial charge in [-0.05, 0) is 0 Å². The Morgan fingerprint density at radius 2 is 2.27 bits per heavy atom. The molecule has 6 nitrogen and oxygen atoms in total. The van der Waals surface area contributed by atoms with Crippen molar-refractivity contribution >= 4 is 11.4 Å². The van der Waals surface area contributed by atoms with Crippen LogP contribution in [0.2, 0.25) is 0 Å². The van der Waals surface area contributed by atoms with Gasteiger partial charge in [0.05, 0.1) is 18.1 Å². The van der Waals surface area contributed by atoms with Crippen LogP contribution in [0.3, 0.4) is 0 Å². The van der Waals surface area contributed by atoms with Crippen LogP contribution < -0.4 is 10.5 Å². The largest absolute Gasteiger partial charge is 0.481 e. The minimum absolute atomic E-state index is 0.272. The average Bonchev–Trinajstić information content (AvgIpc) is 2.17. The normalized spacial score (nSPS) is 10.4. The number of nitrogen functional groups attached to an aromatic ring is 1. The highest BCUT2D eigenvalue weighted by molar-refractivity contribution is 5.62. The molecule has 0 spiro atoms. The number of hydrogen-bond donors (Lipinski definition) is 1. The molecule has 2 N–H and O–H groups in total. The summed E-state index contributed by atoms with van der Waals surface area (Å²) in [6.07, 6.45) is -2.99. The molecular weight excluding hydrogens is 212 g/mol. The first-order valence-electron chi connectivity index (χ1n) is 3.74. The minimum Gasteiger partial charge on any atom is -0.481 e. The highest BCUT2D eigenvalue weighted by atomic mass is 19.3. The Balaban J connectivity index is 3.40. The van der Waals surface area contributed by atoms with Crippen LogP contribution in [0.4, 0.5) is 20.2 Å². The van der Waals surface area contributed by atoms with Crippen molar-refractivity contribution in [1.29, 1.82) is 0 Å². The van der Waals surface area contributed by atoms with Gasteiger partial charge in [0, 0.05) is 0 Å². The lowest BCUT2D eigenvalue weighted by Gasteiger charge is -2.06. The predicted molar refractivity (Wildman–Crippen MR) is 46.8 cm³/mol. The molecule has 8 heteroatoms. The van der Waals surface area contributed by atoms with E-state index in [1.54, 1.807) is 0 Å². The fourth-order valence-corrected chi connectivity index (χ4v) is 0.959. The number of anilines is 1. The van der Waals surface area contributed by atoms with Crippen molar-refractivity contribution in [3.8, 4) is 5.88 Å². The molecule has 0 aliphatic heterocycles. The summed E-state index contributed by atoms with van der Waals surface area (Å²) in [5.41, 5.74) is 3.04. The topological polar surface area (TPSA) is 91.3 Å². The number of alkyl halides is 2. The van der Waals surface area contributed by atoms with E-state index >= 15 is 0 Å². The monoisotopic (exact) mass is 219 g/mol. The van der Waals surface area contributed by atoms with Gasteiger partial charge in [-0.2, -0.15) is 0 Å². The summed E-state index contributed by atoms with van der Waals surface area (Å²) in [7, 11) is 1.16. The second kappa shape index (κ2) is 4.03. The van der Waals surface area contributed by atoms with Gasteiger partial charge in [0.25, 0.3) is 12.1 Å². The third-order valence-corrected chi connectivity index (χ3v) is 1.66. The van der Waals surface area contributed by atoms with Crippen LogP contribution in [0.15, 0.2) is 6.07 Å². The number of pyridine rings is 1. The van der Waals surface area contributed by atoms with E-state index in [-0.39, 0.29) is 5.88 Å². The Hall–Kier alpha value is -1.99. The van der Waals surface area contributed by atoms with Crippen molar-refractivity contribution < 1.29 is 18.4 Å². The standard InChI is InChI=1S/C7H7F2N3O3/c1-15-4-2-3(12(13)14)5(10)6(11-4)7(8)9/h2,7H,10H2,1H3. The Kier molecular flexibility index (Phi) is 2.98. The molecule has 0 saturated heterocycles. The molecule has 0 fully saturated rings. The first-order valence-corrected chi connectivity index (χ1v) is 3.74. The second-order valence-corrected chi connectivity index (χ2v) is 2.54. The molecule has 0 saturated carbocycles. The quantitative estimate of drug-likeness (QED) is 0.614. The van der Waals surface area contributed by atoms with Crippen LogP contribution in [-0.2, 0) is 0 Å². The summed E-state index contributed by atoms with van der Waals surface area (Å²) in [5.74, 6) is -0.272. The van der Waals surface area contributed by atoms with Crippen molar-refractivity contribution in [2.75, 3.05) is 12.8 Å². The van der Waals surface area contributed by atoms with E-state index in [0.29, 0.717) is 0 Å². The molecule has 0 atom stereocenters. The van der Waals surface area contributed by atoms with E-state index in [0.717, 1.165) is 13.2 Å². The van der Waals surface area contributed by atoms with Gasteiger partial charge in [-0.15, -0.1) is 0 Å². The molecule has 0 radical (unpaired) electrons. The molecule has 0 bridgehead atoms. The highest BCUT2D eigenvalue weighted by Crippen LogP contribution is 2.33. The molecule has 0 unspecified atom stereocenters. The molecule has 1 rings (SSSR count). The van der Waals surface area contributed by atoms with Gasteiger partial charge in [-0.3, -0.25) is 10.1 Å². The summed E-state index contributed by atoms with van der Waals surface area (Å²) >= 11 is 0. The second-order valence-electron chi connectivity index (χ2n) is 2.54. The summed E-state index contributed by atoms with van der Waals surface area (Å²) in [4.78, 5) is 12.9. The van der Waals surface area contributed by atoms with Crippen LogP contribution >= 0.6 is 0 Å². The lowest BCUT2D eigenvalue weighted by atomic mass is 10.2. The predicted octanol–water partition coefficient (Wildman–Crippen LogP) is 1.52. The first kappa shape index (κ1) is 11.1. The maximum atomic E-state index is 12.4. The first-order chi connectivity index (χ1) is 6.97. The number of nitrogens with zero attached hydrogens (tertiary/aromatic N) is 2. The zero-order chi connectivity index (χ0) is 11.6. The number of nitro groups is 1. The lowest BCUT2D eigenvalue weighted by molar-refractivity contribution is -0.384. The zero-order valence-corrected chi connectivity index (χ0v) is 7.61. The number of aromatic nitrogens is 1. The van der Waals surface area contributed by atoms with Gasteiger partial charge >= 0.3 is 0 Å². The molecule has 1 aromatic heterocycles. The number of nitrogens with two attached hydrogens (primary N) is 1. The maximum absolute atomic E-state index is 12.4. The Morgan fingerprint density at radius 3 is 2.67 bits per heavy atom. The third kappa shape index (κ3) is 2.09. The number of ether oxygens (including phenoxy) is 1. The zero-order valence-electron chi connectivity index (χ0n) is 7.61. The lowest BCUT2D eigenvalue weighted by Crippen LogP contribution is -2.05. The van der Waals surface area contributed by atoms with E-state index in [2.05, 4.69) is 9.72 Å². The molecule has 15 heavy (non-hydrogen) atoms. The van der Waals surface area contributed by atoms with Gasteiger partial charge in [-0.25, -0.2) is 13.8 Å². The highest BCUT2D eigenvalue weighted by Gasteiger charge is 2.24. The summed E-state index contributed by atoms with van der Waals surface area (Å²) in [6.45, 7) is 0. The number of halogens is 2. The average molecular weight is 219 g/mol. The molecule has 0 aliphatic rings. The summed E-state index contributed by atoms with van der Waals surface area (Å²) in [6, 6.07) is 0.890. The fraction of sp³-hybridized carbons (Fsp3) is 0.286. The number of hydrogen-bond acceptors (Lipinski definition) is 5. The van der Waals surface area contributed by atoms with Gasteiger partial charge in [0.1, 0.15) is 11.4 Å². The van der Waals surface area contributed by atoms with E-state index in [4.69, 9.17) is 5.73 Å². The molecular formula is C7H7F2N3O3. The number of rotatable bonds is 3. The van der Waals surface area contributed by atoms with Crippen LogP contribution in [0, 0.1) is 10.1 Å². The van der Waals surface area contributed by atoms with E-state index in [9.17, 15) is 18.9 Å². The Labute approximate surface area is 82.8 Å². The van der Waals surface area contributed by atoms with E-state index < -0.39 is 28.4 Å². The van der Waals surface area contributed by atoms with Gasteiger partial charge < -0.3 is 10.5 Å². The van der Waals surface area contributed by atoms with Crippen molar-refractivity contribution in [2.24, 2.45) is 0 Å². The third-order valence-electron chi connectivity index (χ3n) is 1.66. The molecule has 0 aromatic carbocycles. The fourth-order valence-electron chi connectivity index (χ4n) is 0.959. The molecule has 1 heterocycles. The van der Waals surface area contributed by atoms with Crippen molar-refractivity contribution in [2.45, 2.75) is 6.43 Å². The molecule has 82 valence electrons. The maximum Gasteiger partial charge on any atom is 0.299 e. The summed E-state index contributed by atoms with van der Waals surface area (Å²) < 4.78 is 29.3. The van der Waals surface area contributed by atoms with E-state index in [1.807, 2.05) is 0 Å². The Morgan fingerprint density at radius 1 is 1.67 bits per heavy atom. The Bertz CT molecular complexity index is 397. The van der Waals surface area contributed by atoms with Crippen LogP contribution in [-0.4, -0.2) is 17.0 Å². The molecule has 1 aromatic rings. The van der Waals surface area contributed by atoms with Crippen molar-refractivity contribution in [3.63, 3.8) is 0 Å². The molecule has 0 amide bonds. The SMILES string of the molecule is COc1cc([N+](=O)[O-])c(N)c(C(F)F)n1.